The molecule has 0 aromatic carbocycles. The number of ether oxygens (including phenoxy) is 2. The molecular weight excluding hydrogens is 430 g/mol. The van der Waals surface area contributed by atoms with Gasteiger partial charge in [0.2, 0.25) is 0 Å². The predicted octanol–water partition coefficient (Wildman–Crippen LogP) is 5.23. The summed E-state index contributed by atoms with van der Waals surface area (Å²) in [7, 11) is 2.10. The van der Waals surface area contributed by atoms with Gasteiger partial charge in [-0.1, -0.05) is 58.3 Å². The van der Waals surface area contributed by atoms with Crippen molar-refractivity contribution in [2.75, 3.05) is 41.1 Å². The second-order valence-corrected chi connectivity index (χ2v) is 11.1. The summed E-state index contributed by atoms with van der Waals surface area (Å²) in [5.41, 5.74) is 0. The average Bonchev–Trinajstić information content (AvgIpc) is 2.81. The number of alkyl carbamates (subject to hydrolysis) is 1. The summed E-state index contributed by atoms with van der Waals surface area (Å²) in [5, 5.41) is 2.70. The maximum Gasteiger partial charge on any atom is 0.500 e. The van der Waals surface area contributed by atoms with Crippen LogP contribution in [0.15, 0.2) is 0 Å². The van der Waals surface area contributed by atoms with Gasteiger partial charge in [0, 0.05) is 40.3 Å². The van der Waals surface area contributed by atoms with E-state index in [1.807, 2.05) is 0 Å². The molecule has 0 atom stereocenters. The number of esters is 1. The van der Waals surface area contributed by atoms with E-state index in [-0.39, 0.29) is 5.97 Å². The van der Waals surface area contributed by atoms with E-state index >= 15 is 0 Å². The van der Waals surface area contributed by atoms with Crippen molar-refractivity contribution in [3.63, 3.8) is 0 Å². The lowest BCUT2D eigenvalue weighted by Crippen LogP contribution is -2.43. The van der Waals surface area contributed by atoms with Crippen LogP contribution in [0.5, 0.6) is 0 Å². The van der Waals surface area contributed by atoms with Crippen molar-refractivity contribution < 1.29 is 32.3 Å². The Morgan fingerprint density at radius 2 is 1.22 bits per heavy atom. The molecule has 1 amide bonds. The van der Waals surface area contributed by atoms with Crippen LogP contribution in [0.1, 0.15) is 90.4 Å². The average molecular weight is 478 g/mol. The van der Waals surface area contributed by atoms with Gasteiger partial charge in [0.1, 0.15) is 0 Å². The smallest absolute Gasteiger partial charge is 0.466 e. The van der Waals surface area contributed by atoms with E-state index in [9.17, 15) is 9.59 Å². The van der Waals surface area contributed by atoms with Gasteiger partial charge in [-0.2, -0.15) is 0 Å². The highest BCUT2D eigenvalue weighted by Gasteiger charge is 2.36. The largest absolute Gasteiger partial charge is 0.500 e. The molecule has 32 heavy (non-hydrogen) atoms. The van der Waals surface area contributed by atoms with Gasteiger partial charge in [-0.05, 0) is 25.7 Å². The lowest BCUT2D eigenvalue weighted by Gasteiger charge is -2.24. The van der Waals surface area contributed by atoms with Crippen molar-refractivity contribution in [1.29, 1.82) is 0 Å². The zero-order valence-corrected chi connectivity index (χ0v) is 21.9. The van der Waals surface area contributed by atoms with E-state index in [0.717, 1.165) is 12.8 Å². The summed E-state index contributed by atoms with van der Waals surface area (Å²) >= 11 is 0. The van der Waals surface area contributed by atoms with Gasteiger partial charge < -0.3 is 28.1 Å². The van der Waals surface area contributed by atoms with E-state index < -0.39 is 14.9 Å². The first kappa shape index (κ1) is 30.8. The Bertz CT molecular complexity index is 453. The van der Waals surface area contributed by atoms with Crippen molar-refractivity contribution in [1.82, 2.24) is 5.32 Å². The van der Waals surface area contributed by atoms with Gasteiger partial charge in [0.25, 0.3) is 0 Å². The number of rotatable bonds is 22. The minimum atomic E-state index is -2.59. The van der Waals surface area contributed by atoms with Gasteiger partial charge >= 0.3 is 20.9 Å². The zero-order chi connectivity index (χ0) is 23.9. The van der Waals surface area contributed by atoms with Gasteiger partial charge in [0.05, 0.1) is 13.2 Å². The first-order valence-corrected chi connectivity index (χ1v) is 14.2. The van der Waals surface area contributed by atoms with Gasteiger partial charge in [0.15, 0.2) is 0 Å². The number of nitrogens with one attached hydrogen (secondary N) is 1. The van der Waals surface area contributed by atoms with Crippen LogP contribution in [0.4, 0.5) is 4.79 Å². The maximum atomic E-state index is 11.7. The highest BCUT2D eigenvalue weighted by molar-refractivity contribution is 6.60. The van der Waals surface area contributed by atoms with Crippen molar-refractivity contribution in [2.45, 2.75) is 96.4 Å². The Morgan fingerprint density at radius 1 is 0.688 bits per heavy atom. The third kappa shape index (κ3) is 17.4. The summed E-state index contributed by atoms with van der Waals surface area (Å²) in [4.78, 5) is 23.4. The van der Waals surface area contributed by atoms with Crippen LogP contribution in [-0.2, 0) is 27.5 Å². The number of carbonyl (C=O) groups excluding carboxylic acids is 2. The molecule has 1 N–H and O–H groups in total. The van der Waals surface area contributed by atoms with E-state index in [1.54, 1.807) is 21.3 Å². The van der Waals surface area contributed by atoms with Gasteiger partial charge in [-0.25, -0.2) is 4.79 Å². The van der Waals surface area contributed by atoms with Gasteiger partial charge in [-0.15, -0.1) is 0 Å². The third-order valence-electron chi connectivity index (χ3n) is 5.38. The normalized spacial score (nSPS) is 11.4. The Balaban J connectivity index is 3.47. The first-order valence-electron chi connectivity index (χ1n) is 12.2. The lowest BCUT2D eigenvalue weighted by molar-refractivity contribution is -0.143. The first-order chi connectivity index (χ1) is 15.5. The summed E-state index contributed by atoms with van der Waals surface area (Å²) in [6.07, 6.45) is 13.1. The summed E-state index contributed by atoms with van der Waals surface area (Å²) in [6.45, 7) is 3.36. The topological polar surface area (TPSA) is 92.3 Å². The van der Waals surface area contributed by atoms with Crippen LogP contribution in [-0.4, -0.2) is 62.0 Å². The molecule has 0 heterocycles. The second kappa shape index (κ2) is 21.7. The van der Waals surface area contributed by atoms with Crippen LogP contribution < -0.4 is 5.32 Å². The predicted molar refractivity (Wildman–Crippen MR) is 128 cm³/mol. The summed E-state index contributed by atoms with van der Waals surface area (Å²) < 4.78 is 26.3. The Labute approximate surface area is 196 Å². The molecule has 0 unspecified atom stereocenters. The molecule has 0 aromatic heterocycles. The van der Waals surface area contributed by atoms with Crippen LogP contribution in [0.3, 0.4) is 0 Å². The number of amides is 1. The maximum absolute atomic E-state index is 11.7. The van der Waals surface area contributed by atoms with E-state index in [2.05, 4.69) is 12.2 Å². The third-order valence-corrected chi connectivity index (χ3v) is 8.21. The van der Waals surface area contributed by atoms with Crippen LogP contribution in [0, 0.1) is 0 Å². The molecule has 0 saturated carbocycles. The molecule has 0 aromatic rings. The minimum absolute atomic E-state index is 0.130. The SMILES string of the molecule is CCCCCCCCCCCC(=O)OCCCCOC(=O)NCCC[Si](OC)(OC)OC. The van der Waals surface area contributed by atoms with Crippen LogP contribution in [0.25, 0.3) is 0 Å². The van der Waals surface area contributed by atoms with Crippen molar-refractivity contribution in [2.24, 2.45) is 0 Å². The molecule has 0 bridgehead atoms. The van der Waals surface area contributed by atoms with E-state index in [0.29, 0.717) is 51.5 Å². The molecular formula is C23H47NO7Si. The molecule has 0 saturated heterocycles. The molecule has 0 aliphatic rings. The molecule has 8 nitrogen and oxygen atoms in total. The summed E-state index contributed by atoms with van der Waals surface area (Å²) in [5.74, 6) is -0.130. The summed E-state index contributed by atoms with van der Waals surface area (Å²) in [6, 6.07) is 0.612. The molecule has 0 fully saturated rings. The fourth-order valence-corrected chi connectivity index (χ4v) is 5.03. The van der Waals surface area contributed by atoms with E-state index in [4.69, 9.17) is 22.8 Å². The van der Waals surface area contributed by atoms with E-state index in [1.165, 1.54) is 44.9 Å². The van der Waals surface area contributed by atoms with Crippen molar-refractivity contribution in [3.05, 3.63) is 0 Å². The lowest BCUT2D eigenvalue weighted by atomic mass is 10.1. The number of unbranched alkanes of at least 4 members (excludes halogenated alkanes) is 9. The van der Waals surface area contributed by atoms with Gasteiger partial charge in [-0.3, -0.25) is 4.79 Å². The quantitative estimate of drug-likeness (QED) is 0.130. The molecule has 0 spiro atoms. The Morgan fingerprint density at radius 3 is 1.78 bits per heavy atom. The van der Waals surface area contributed by atoms with Crippen molar-refractivity contribution in [3.8, 4) is 0 Å². The Kier molecular flexibility index (Phi) is 20.9. The Hall–Kier alpha value is -1.16. The fourth-order valence-electron chi connectivity index (χ4n) is 3.31. The number of hydrogen-bond acceptors (Lipinski definition) is 7. The molecule has 190 valence electrons. The number of hydrogen-bond donors (Lipinski definition) is 1. The zero-order valence-electron chi connectivity index (χ0n) is 20.9. The second-order valence-electron chi connectivity index (χ2n) is 7.97. The minimum Gasteiger partial charge on any atom is -0.466 e. The molecule has 0 rings (SSSR count). The molecule has 0 aliphatic carbocycles. The molecule has 9 heteroatoms. The fraction of sp³-hybridized carbons (Fsp3) is 0.913. The van der Waals surface area contributed by atoms with Crippen LogP contribution in [0.2, 0.25) is 6.04 Å². The number of carbonyl (C=O) groups is 2. The highest BCUT2D eigenvalue weighted by Crippen LogP contribution is 2.14. The van der Waals surface area contributed by atoms with Crippen molar-refractivity contribution >= 4 is 20.9 Å². The molecule has 0 radical (unpaired) electrons. The molecule has 0 aliphatic heterocycles. The highest BCUT2D eigenvalue weighted by atomic mass is 28.4. The standard InChI is InChI=1S/C23H47NO7Si/c1-5-6-7-8-9-10-11-12-13-17-22(25)30-19-14-15-20-31-23(26)24-18-16-21-32(27-2,28-3)29-4/h5-21H2,1-4H3,(H,24,26). The monoisotopic (exact) mass is 477 g/mol. The van der Waals surface area contributed by atoms with Crippen LogP contribution >= 0.6 is 0 Å².